The number of benzene rings is 3. The lowest BCUT2D eigenvalue weighted by molar-refractivity contribution is -0.384. The number of para-hydroxylation sites is 1. The van der Waals surface area contributed by atoms with E-state index < -0.39 is 4.92 Å². The molecule has 0 bridgehead atoms. The van der Waals surface area contributed by atoms with Gasteiger partial charge in [-0.05, 0) is 49.2 Å². The Kier molecular flexibility index (Phi) is 8.12. The van der Waals surface area contributed by atoms with E-state index in [1.165, 1.54) is 58.3 Å². The van der Waals surface area contributed by atoms with Gasteiger partial charge in [0, 0.05) is 23.5 Å². The number of aromatic nitrogens is 2. The normalized spacial score (nSPS) is 11.1. The molecule has 3 aromatic carbocycles. The summed E-state index contributed by atoms with van der Waals surface area (Å²) in [5.41, 5.74) is 5.02. The first-order chi connectivity index (χ1) is 18.7. The van der Waals surface area contributed by atoms with Crippen LogP contribution in [0.1, 0.15) is 11.1 Å². The van der Waals surface area contributed by atoms with Crippen molar-refractivity contribution in [1.82, 2.24) is 9.97 Å². The monoisotopic (exact) mass is 595 g/mol. The molecule has 5 rings (SSSR count). The van der Waals surface area contributed by atoms with Crippen LogP contribution in [-0.2, 0) is 9.59 Å². The minimum absolute atomic E-state index is 0.0149. The number of nitrogens with zero attached hydrogens (tertiary/aromatic N) is 3. The minimum atomic E-state index is -0.439. The number of carbonyl (C=O) groups excluding carboxylic acids is 2. The standard InChI is InChI=1S/C26H21N5O4S4/c1-14-4-3-5-15(2)24(14)30-23(33)13-37-25-28-18-8-6-16(10-20(18)38-25)27-22(32)12-36-26-29-19-9-7-17(31(34)35)11-21(19)39-26/h3-11H,12-13H2,1-2H3,(H,27,32)(H,30,33). The summed E-state index contributed by atoms with van der Waals surface area (Å²) in [5, 5.41) is 16.9. The van der Waals surface area contributed by atoms with Crippen LogP contribution in [0.2, 0.25) is 0 Å². The maximum absolute atomic E-state index is 12.6. The first-order valence-electron chi connectivity index (χ1n) is 11.6. The quantitative estimate of drug-likeness (QED) is 0.107. The number of nitro benzene ring substituents is 1. The van der Waals surface area contributed by atoms with Crippen molar-refractivity contribution in [2.45, 2.75) is 22.5 Å². The molecule has 39 heavy (non-hydrogen) atoms. The SMILES string of the molecule is Cc1cccc(C)c1NC(=O)CSc1nc2ccc(NC(=O)CSc3nc4ccc([N+](=O)[O-])cc4s3)cc2s1. The Morgan fingerprint density at radius 2 is 1.41 bits per heavy atom. The van der Waals surface area contributed by atoms with E-state index in [2.05, 4.69) is 20.6 Å². The number of nitro groups is 1. The average Bonchev–Trinajstić information content (AvgIpc) is 3.51. The third-order valence-electron chi connectivity index (χ3n) is 5.61. The summed E-state index contributed by atoms with van der Waals surface area (Å²) in [6.45, 7) is 3.93. The number of amides is 2. The van der Waals surface area contributed by atoms with Gasteiger partial charge in [-0.15, -0.1) is 22.7 Å². The molecule has 0 fully saturated rings. The lowest BCUT2D eigenvalue weighted by Crippen LogP contribution is -2.15. The van der Waals surface area contributed by atoms with E-state index in [-0.39, 0.29) is 29.0 Å². The molecular formula is C26H21N5O4S4. The van der Waals surface area contributed by atoms with Crippen molar-refractivity contribution in [1.29, 1.82) is 0 Å². The van der Waals surface area contributed by atoms with E-state index in [0.29, 0.717) is 20.2 Å². The number of aryl methyl sites for hydroxylation is 2. The van der Waals surface area contributed by atoms with Crippen molar-refractivity contribution in [3.05, 3.63) is 75.8 Å². The van der Waals surface area contributed by atoms with E-state index in [0.717, 1.165) is 31.4 Å². The molecule has 0 saturated carbocycles. The second-order valence-corrected chi connectivity index (χ2v) is 13.0. The predicted molar refractivity (Wildman–Crippen MR) is 161 cm³/mol. The number of thioether (sulfide) groups is 2. The molecule has 5 aromatic rings. The fourth-order valence-corrected chi connectivity index (χ4v) is 7.56. The first kappa shape index (κ1) is 27.1. The van der Waals surface area contributed by atoms with E-state index in [4.69, 9.17) is 0 Å². The Morgan fingerprint density at radius 3 is 2.03 bits per heavy atom. The molecule has 0 aliphatic heterocycles. The van der Waals surface area contributed by atoms with Crippen LogP contribution in [0.3, 0.4) is 0 Å². The zero-order chi connectivity index (χ0) is 27.5. The van der Waals surface area contributed by atoms with Crippen LogP contribution in [0.15, 0.2) is 63.3 Å². The zero-order valence-corrected chi connectivity index (χ0v) is 24.0. The Bertz CT molecular complexity index is 1710. The molecule has 0 radical (unpaired) electrons. The Hall–Kier alpha value is -3.52. The topological polar surface area (TPSA) is 127 Å². The number of hydrogen-bond donors (Lipinski definition) is 2. The van der Waals surface area contributed by atoms with Crippen molar-refractivity contribution in [2.75, 3.05) is 22.1 Å². The average molecular weight is 596 g/mol. The van der Waals surface area contributed by atoms with Gasteiger partial charge in [-0.25, -0.2) is 9.97 Å². The first-order valence-corrected chi connectivity index (χ1v) is 15.2. The molecule has 2 amide bonds. The van der Waals surface area contributed by atoms with Crippen molar-refractivity contribution < 1.29 is 14.5 Å². The van der Waals surface area contributed by atoms with Crippen LogP contribution in [0.25, 0.3) is 20.4 Å². The largest absolute Gasteiger partial charge is 0.325 e. The number of hydrogen-bond acceptors (Lipinski definition) is 10. The van der Waals surface area contributed by atoms with Crippen LogP contribution >= 0.6 is 46.2 Å². The molecule has 0 saturated heterocycles. The number of thiazole rings is 2. The van der Waals surface area contributed by atoms with Crippen molar-refractivity contribution in [3.63, 3.8) is 0 Å². The molecule has 13 heteroatoms. The highest BCUT2D eigenvalue weighted by Gasteiger charge is 2.14. The highest BCUT2D eigenvalue weighted by molar-refractivity contribution is 8.02. The number of non-ortho nitro benzene ring substituents is 1. The molecule has 0 spiro atoms. The molecule has 2 N–H and O–H groups in total. The summed E-state index contributed by atoms with van der Waals surface area (Å²) in [7, 11) is 0. The van der Waals surface area contributed by atoms with Crippen molar-refractivity contribution in [3.8, 4) is 0 Å². The Balaban J connectivity index is 1.16. The number of carbonyl (C=O) groups is 2. The summed E-state index contributed by atoms with van der Waals surface area (Å²) in [6, 6.07) is 15.9. The van der Waals surface area contributed by atoms with E-state index >= 15 is 0 Å². The van der Waals surface area contributed by atoms with Gasteiger partial charge < -0.3 is 10.6 Å². The lowest BCUT2D eigenvalue weighted by Gasteiger charge is -2.10. The molecule has 2 aromatic heterocycles. The second-order valence-electron chi connectivity index (χ2n) is 8.49. The van der Waals surface area contributed by atoms with Crippen molar-refractivity contribution in [2.24, 2.45) is 0 Å². The van der Waals surface area contributed by atoms with Gasteiger partial charge in [0.05, 0.1) is 36.9 Å². The summed E-state index contributed by atoms with van der Waals surface area (Å²) >= 11 is 5.45. The molecule has 0 aliphatic carbocycles. The Labute approximate surface area is 239 Å². The second kappa shape index (κ2) is 11.7. The van der Waals surface area contributed by atoms with Gasteiger partial charge in [-0.3, -0.25) is 19.7 Å². The number of nitrogens with one attached hydrogen (secondary N) is 2. The van der Waals surface area contributed by atoms with Crippen LogP contribution in [0, 0.1) is 24.0 Å². The molecule has 0 aliphatic rings. The van der Waals surface area contributed by atoms with E-state index in [1.54, 1.807) is 12.1 Å². The summed E-state index contributed by atoms with van der Waals surface area (Å²) in [6.07, 6.45) is 0. The van der Waals surface area contributed by atoms with E-state index in [1.807, 2.05) is 44.2 Å². The van der Waals surface area contributed by atoms with Gasteiger partial charge >= 0.3 is 0 Å². The van der Waals surface area contributed by atoms with Gasteiger partial charge in [0.1, 0.15) is 0 Å². The van der Waals surface area contributed by atoms with Gasteiger partial charge in [-0.1, -0.05) is 41.7 Å². The minimum Gasteiger partial charge on any atom is -0.325 e. The molecule has 9 nitrogen and oxygen atoms in total. The van der Waals surface area contributed by atoms with Crippen LogP contribution < -0.4 is 10.6 Å². The highest BCUT2D eigenvalue weighted by atomic mass is 32.2. The third-order valence-corrected chi connectivity index (χ3v) is 9.94. The van der Waals surface area contributed by atoms with Gasteiger partial charge in [0.25, 0.3) is 5.69 Å². The maximum atomic E-state index is 12.6. The highest BCUT2D eigenvalue weighted by Crippen LogP contribution is 2.33. The smallest absolute Gasteiger partial charge is 0.270 e. The molecule has 0 unspecified atom stereocenters. The van der Waals surface area contributed by atoms with Crippen LogP contribution in [-0.4, -0.2) is 38.2 Å². The van der Waals surface area contributed by atoms with Gasteiger partial charge in [0.15, 0.2) is 8.68 Å². The van der Waals surface area contributed by atoms with Gasteiger partial charge in [0.2, 0.25) is 11.8 Å². The molecule has 198 valence electrons. The lowest BCUT2D eigenvalue weighted by atomic mass is 10.1. The number of rotatable bonds is 9. The third kappa shape index (κ3) is 6.56. The molecule has 0 atom stereocenters. The fourth-order valence-electron chi connectivity index (χ4n) is 3.75. The van der Waals surface area contributed by atoms with Crippen LogP contribution in [0.5, 0.6) is 0 Å². The summed E-state index contributed by atoms with van der Waals surface area (Å²) < 4.78 is 3.06. The maximum Gasteiger partial charge on any atom is 0.270 e. The Morgan fingerprint density at radius 1 is 0.846 bits per heavy atom. The zero-order valence-electron chi connectivity index (χ0n) is 20.7. The number of anilines is 2. The predicted octanol–water partition coefficient (Wildman–Crippen LogP) is 6.89. The van der Waals surface area contributed by atoms with E-state index in [9.17, 15) is 19.7 Å². The molecule has 2 heterocycles. The van der Waals surface area contributed by atoms with Crippen molar-refractivity contribution >= 4 is 95.5 Å². The summed E-state index contributed by atoms with van der Waals surface area (Å²) in [5.74, 6) is 0.118. The molecular weight excluding hydrogens is 575 g/mol. The summed E-state index contributed by atoms with van der Waals surface area (Å²) in [4.78, 5) is 44.6. The van der Waals surface area contributed by atoms with Gasteiger partial charge in [-0.2, -0.15) is 0 Å². The van der Waals surface area contributed by atoms with Crippen LogP contribution in [0.4, 0.5) is 17.1 Å². The number of fused-ring (bicyclic) bond motifs is 2. The fraction of sp³-hybridized carbons (Fsp3) is 0.154.